The van der Waals surface area contributed by atoms with Gasteiger partial charge in [-0.1, -0.05) is 36.4 Å². The number of hydrogen-bond acceptors (Lipinski definition) is 4. The van der Waals surface area contributed by atoms with Crippen LogP contribution in [0.25, 0.3) is 0 Å². The minimum absolute atomic E-state index is 0.0665. The van der Waals surface area contributed by atoms with Crippen LogP contribution in [-0.4, -0.2) is 14.5 Å². The van der Waals surface area contributed by atoms with Crippen LogP contribution in [0.3, 0.4) is 0 Å². The summed E-state index contributed by atoms with van der Waals surface area (Å²) >= 11 is 0. The van der Waals surface area contributed by atoms with Gasteiger partial charge in [-0.15, -0.1) is 0 Å². The zero-order valence-electron chi connectivity index (χ0n) is 13.8. The number of benzene rings is 2. The van der Waals surface area contributed by atoms with Crippen LogP contribution >= 0.6 is 0 Å². The Bertz CT molecular complexity index is 839. The highest BCUT2D eigenvalue weighted by molar-refractivity contribution is 7.88. The summed E-state index contributed by atoms with van der Waals surface area (Å²) in [7, 11) is -3.38. The zero-order chi connectivity index (χ0) is 17.6. The molecule has 0 saturated carbocycles. The first-order valence-corrected chi connectivity index (χ1v) is 9.36. The minimum Gasteiger partial charge on any atom is -0.380 e. The molecule has 0 bridgehead atoms. The number of anilines is 1. The Morgan fingerprint density at radius 2 is 1.67 bits per heavy atom. The highest BCUT2D eigenvalue weighted by atomic mass is 32.2. The lowest BCUT2D eigenvalue weighted by Gasteiger charge is -2.14. The van der Waals surface area contributed by atoms with Crippen molar-refractivity contribution in [1.82, 2.24) is 4.72 Å². The largest absolute Gasteiger partial charge is 0.380 e. The van der Waals surface area contributed by atoms with Gasteiger partial charge in [0.1, 0.15) is 6.07 Å². The summed E-state index contributed by atoms with van der Waals surface area (Å²) in [6.07, 6.45) is 0. The summed E-state index contributed by atoms with van der Waals surface area (Å²) in [5.41, 5.74) is 2.93. The van der Waals surface area contributed by atoms with Crippen molar-refractivity contribution in [3.63, 3.8) is 0 Å². The summed E-state index contributed by atoms with van der Waals surface area (Å²) in [6.45, 7) is 4.04. The van der Waals surface area contributed by atoms with Gasteiger partial charge in [-0.25, -0.2) is 13.1 Å². The van der Waals surface area contributed by atoms with Crippen LogP contribution in [0.4, 0.5) is 5.69 Å². The molecular formula is C18H21N3O2S. The molecule has 0 aliphatic rings. The first-order chi connectivity index (χ1) is 11.4. The monoisotopic (exact) mass is 343 g/mol. The van der Waals surface area contributed by atoms with E-state index in [9.17, 15) is 8.42 Å². The number of nitriles is 1. The Morgan fingerprint density at radius 1 is 1.04 bits per heavy atom. The number of hydrogen-bond donors (Lipinski definition) is 2. The van der Waals surface area contributed by atoms with Crippen molar-refractivity contribution < 1.29 is 8.42 Å². The Labute approximate surface area is 143 Å². The quantitative estimate of drug-likeness (QED) is 0.810. The van der Waals surface area contributed by atoms with E-state index in [-0.39, 0.29) is 11.8 Å². The minimum atomic E-state index is -3.38. The maximum absolute atomic E-state index is 12.2. The molecule has 126 valence electrons. The molecule has 5 nitrogen and oxygen atoms in total. The normalized spacial score (nSPS) is 11.2. The van der Waals surface area contributed by atoms with Gasteiger partial charge in [0.2, 0.25) is 10.0 Å². The van der Waals surface area contributed by atoms with E-state index in [0.29, 0.717) is 12.1 Å². The molecule has 0 saturated heterocycles. The Kier molecular flexibility index (Phi) is 5.96. The molecule has 6 heteroatoms. The third-order valence-corrected chi connectivity index (χ3v) is 4.92. The van der Waals surface area contributed by atoms with Crippen molar-refractivity contribution in [2.45, 2.75) is 32.2 Å². The highest BCUT2D eigenvalue weighted by Gasteiger charge is 2.15. The fourth-order valence-electron chi connectivity index (χ4n) is 2.40. The first-order valence-electron chi connectivity index (χ1n) is 7.71. The maximum atomic E-state index is 12.2. The van der Waals surface area contributed by atoms with Crippen LogP contribution in [0.5, 0.6) is 0 Å². The van der Waals surface area contributed by atoms with E-state index in [4.69, 9.17) is 5.26 Å². The Balaban J connectivity index is 2.16. The highest BCUT2D eigenvalue weighted by Crippen LogP contribution is 2.18. The molecule has 2 aromatic rings. The molecule has 2 N–H and O–H groups in total. The molecular weight excluding hydrogens is 322 g/mol. The van der Waals surface area contributed by atoms with Crippen molar-refractivity contribution in [2.75, 3.05) is 5.32 Å². The van der Waals surface area contributed by atoms with Crippen molar-refractivity contribution in [1.29, 1.82) is 5.26 Å². The fraction of sp³-hybridized carbons (Fsp3) is 0.278. The first kappa shape index (κ1) is 18.0. The van der Waals surface area contributed by atoms with Gasteiger partial charge in [-0.05, 0) is 37.1 Å². The van der Waals surface area contributed by atoms with Gasteiger partial charge in [0, 0.05) is 12.6 Å². The van der Waals surface area contributed by atoms with E-state index in [0.717, 1.165) is 16.8 Å². The average molecular weight is 343 g/mol. The van der Waals surface area contributed by atoms with Gasteiger partial charge in [0.25, 0.3) is 0 Å². The van der Waals surface area contributed by atoms with Gasteiger partial charge in [-0.2, -0.15) is 5.26 Å². The standard InChI is InChI=1S/C18H21N3O2S/c1-14(2)21-24(22,23)13-17-9-4-3-8-16(17)12-20-18-10-6-5-7-15(18)11-19/h3-10,14,20-21H,12-13H2,1-2H3. The molecule has 0 amide bonds. The summed E-state index contributed by atoms with van der Waals surface area (Å²) < 4.78 is 26.9. The molecule has 2 aromatic carbocycles. The van der Waals surface area contributed by atoms with Gasteiger partial charge in [0.05, 0.1) is 17.0 Å². The van der Waals surface area contributed by atoms with E-state index in [1.807, 2.05) is 42.5 Å². The molecule has 0 aliphatic carbocycles. The lowest BCUT2D eigenvalue weighted by Crippen LogP contribution is -2.31. The van der Waals surface area contributed by atoms with Crippen LogP contribution in [0.15, 0.2) is 48.5 Å². The van der Waals surface area contributed by atoms with E-state index in [2.05, 4.69) is 16.1 Å². The summed E-state index contributed by atoms with van der Waals surface area (Å²) in [4.78, 5) is 0. The maximum Gasteiger partial charge on any atom is 0.216 e. The average Bonchev–Trinajstić information content (AvgIpc) is 2.52. The molecule has 0 radical (unpaired) electrons. The summed E-state index contributed by atoms with van der Waals surface area (Å²) in [5.74, 6) is -0.0665. The van der Waals surface area contributed by atoms with Gasteiger partial charge in [0.15, 0.2) is 0 Å². The van der Waals surface area contributed by atoms with E-state index in [1.165, 1.54) is 0 Å². The third-order valence-electron chi connectivity index (χ3n) is 3.40. The molecule has 0 heterocycles. The van der Waals surface area contributed by atoms with Crippen molar-refractivity contribution >= 4 is 15.7 Å². The number of nitrogens with one attached hydrogen (secondary N) is 2. The van der Waals surface area contributed by atoms with Crippen molar-refractivity contribution in [2.24, 2.45) is 0 Å². The molecule has 0 spiro atoms. The lowest BCUT2D eigenvalue weighted by atomic mass is 10.1. The molecule has 0 aromatic heterocycles. The van der Waals surface area contributed by atoms with Crippen LogP contribution in [0.2, 0.25) is 0 Å². The number of para-hydroxylation sites is 1. The number of rotatable bonds is 7. The molecule has 24 heavy (non-hydrogen) atoms. The van der Waals surface area contributed by atoms with E-state index in [1.54, 1.807) is 19.9 Å². The van der Waals surface area contributed by atoms with E-state index >= 15 is 0 Å². The molecule has 0 unspecified atom stereocenters. The predicted octanol–water partition coefficient (Wildman–Crippen LogP) is 3.00. The summed E-state index contributed by atoms with van der Waals surface area (Å²) in [5, 5.41) is 12.3. The van der Waals surface area contributed by atoms with Crippen LogP contribution in [0.1, 0.15) is 30.5 Å². The second-order valence-corrected chi connectivity index (χ2v) is 7.57. The SMILES string of the molecule is CC(C)NS(=O)(=O)Cc1ccccc1CNc1ccccc1C#N. The number of nitrogens with zero attached hydrogens (tertiary/aromatic N) is 1. The van der Waals surface area contributed by atoms with Gasteiger partial charge >= 0.3 is 0 Å². The predicted molar refractivity (Wildman–Crippen MR) is 95.8 cm³/mol. The Hall–Kier alpha value is -2.36. The van der Waals surface area contributed by atoms with Crippen molar-refractivity contribution in [3.8, 4) is 6.07 Å². The van der Waals surface area contributed by atoms with Crippen LogP contribution in [0, 0.1) is 11.3 Å². The molecule has 0 aliphatic heterocycles. The van der Waals surface area contributed by atoms with Gasteiger partial charge in [-0.3, -0.25) is 0 Å². The third kappa shape index (κ3) is 5.08. The molecule has 2 rings (SSSR count). The second kappa shape index (κ2) is 7.95. The van der Waals surface area contributed by atoms with Crippen LogP contribution < -0.4 is 10.0 Å². The smallest absolute Gasteiger partial charge is 0.216 e. The second-order valence-electron chi connectivity index (χ2n) is 5.81. The van der Waals surface area contributed by atoms with Crippen molar-refractivity contribution in [3.05, 3.63) is 65.2 Å². The fourth-order valence-corrected chi connectivity index (χ4v) is 3.89. The summed E-state index contributed by atoms with van der Waals surface area (Å²) in [6, 6.07) is 16.6. The van der Waals surface area contributed by atoms with E-state index < -0.39 is 10.0 Å². The topological polar surface area (TPSA) is 82.0 Å². The number of sulfonamides is 1. The molecule has 0 atom stereocenters. The lowest BCUT2D eigenvalue weighted by molar-refractivity contribution is 0.569. The zero-order valence-corrected chi connectivity index (χ0v) is 14.6. The Morgan fingerprint density at radius 3 is 2.33 bits per heavy atom. The molecule has 0 fully saturated rings. The van der Waals surface area contributed by atoms with Crippen LogP contribution in [-0.2, 0) is 22.3 Å². The van der Waals surface area contributed by atoms with Gasteiger partial charge < -0.3 is 5.32 Å².